The van der Waals surface area contributed by atoms with Crippen molar-refractivity contribution < 1.29 is 14.3 Å². The number of halogens is 1. The molecule has 25 heavy (non-hydrogen) atoms. The average molecular weight is 378 g/mol. The van der Waals surface area contributed by atoms with E-state index < -0.39 is 5.97 Å². The maximum absolute atomic E-state index is 11.8. The van der Waals surface area contributed by atoms with Gasteiger partial charge in [0.25, 0.3) is 5.91 Å². The Hall–Kier alpha value is -1.98. The third-order valence-electron chi connectivity index (χ3n) is 3.44. The van der Waals surface area contributed by atoms with Crippen molar-refractivity contribution >= 4 is 35.2 Å². The summed E-state index contributed by atoms with van der Waals surface area (Å²) < 4.78 is 5.00. The normalized spacial score (nSPS) is 10.4. The van der Waals surface area contributed by atoms with E-state index in [-0.39, 0.29) is 18.3 Å². The molecule has 0 radical (unpaired) electrons. The molecule has 2 rings (SSSR count). The number of rotatable bonds is 7. The Bertz CT molecular complexity index is 747. The van der Waals surface area contributed by atoms with Crippen LogP contribution in [0, 0.1) is 13.8 Å². The smallest absolute Gasteiger partial charge is 0.316 e. The highest BCUT2D eigenvalue weighted by Gasteiger charge is 2.09. The van der Waals surface area contributed by atoms with Crippen molar-refractivity contribution in [2.24, 2.45) is 0 Å². The Morgan fingerprint density at radius 3 is 2.52 bits per heavy atom. The minimum absolute atomic E-state index is 0.175. The third-order valence-corrected chi connectivity index (χ3v) is 4.84. The van der Waals surface area contributed by atoms with Crippen molar-refractivity contribution in [2.75, 3.05) is 12.4 Å². The zero-order valence-corrected chi connectivity index (χ0v) is 15.7. The van der Waals surface area contributed by atoms with Crippen LogP contribution < -0.4 is 5.32 Å². The number of esters is 1. The first-order chi connectivity index (χ1) is 11.9. The Kier molecular flexibility index (Phi) is 7.34. The van der Waals surface area contributed by atoms with Crippen molar-refractivity contribution in [2.45, 2.75) is 25.3 Å². The van der Waals surface area contributed by atoms with Gasteiger partial charge in [-0.25, -0.2) is 0 Å². The number of carbonyl (C=O) groups excluding carboxylic acids is 2. The van der Waals surface area contributed by atoms with E-state index in [2.05, 4.69) is 11.4 Å². The lowest BCUT2D eigenvalue weighted by Gasteiger charge is -2.08. The molecule has 0 saturated carbocycles. The van der Waals surface area contributed by atoms with Crippen LogP contribution >= 0.6 is 23.4 Å². The van der Waals surface area contributed by atoms with Gasteiger partial charge in [-0.1, -0.05) is 41.4 Å². The van der Waals surface area contributed by atoms with Gasteiger partial charge in [-0.2, -0.15) is 0 Å². The summed E-state index contributed by atoms with van der Waals surface area (Å²) >= 11 is 7.21. The number of aryl methyl sites for hydroxylation is 2. The molecule has 0 aromatic heterocycles. The molecule has 2 aromatic rings. The Balaban J connectivity index is 1.68. The van der Waals surface area contributed by atoms with Crippen molar-refractivity contribution in [3.05, 3.63) is 64.2 Å². The number of hydrogen-bond donors (Lipinski definition) is 1. The average Bonchev–Trinajstić information content (AvgIpc) is 2.58. The molecule has 132 valence electrons. The first-order valence-corrected chi connectivity index (χ1v) is 9.17. The molecule has 0 aliphatic rings. The summed E-state index contributed by atoms with van der Waals surface area (Å²) in [5.74, 6) is -0.569. The monoisotopic (exact) mass is 377 g/mol. The maximum atomic E-state index is 11.8. The second-order valence-corrected chi connectivity index (χ2v) is 7.08. The highest BCUT2D eigenvalue weighted by Crippen LogP contribution is 2.23. The highest BCUT2D eigenvalue weighted by atomic mass is 35.5. The van der Waals surface area contributed by atoms with Gasteiger partial charge in [0.05, 0.1) is 5.75 Å². The van der Waals surface area contributed by atoms with Crippen molar-refractivity contribution in [3.63, 3.8) is 0 Å². The van der Waals surface area contributed by atoms with E-state index in [1.165, 1.54) is 17.3 Å². The fourth-order valence-electron chi connectivity index (χ4n) is 2.14. The fraction of sp³-hybridized carbons (Fsp3) is 0.263. The second-order valence-electron chi connectivity index (χ2n) is 5.62. The van der Waals surface area contributed by atoms with Gasteiger partial charge in [-0.15, -0.1) is 11.8 Å². The predicted octanol–water partition coefficient (Wildman–Crippen LogP) is 3.91. The number of hydrogen-bond acceptors (Lipinski definition) is 4. The third kappa shape index (κ3) is 6.80. The zero-order valence-electron chi connectivity index (χ0n) is 14.2. The van der Waals surface area contributed by atoms with E-state index in [1.54, 1.807) is 12.1 Å². The summed E-state index contributed by atoms with van der Waals surface area (Å²) in [6.45, 7) is 4.12. The molecule has 0 unspecified atom stereocenters. The standard InChI is InChI=1S/C19H20ClNO3S/c1-13-3-8-17(14(2)9-13)25-12-19(23)24-11-18(22)21-10-15-4-6-16(20)7-5-15/h3-9H,10-12H2,1-2H3,(H,21,22). The maximum Gasteiger partial charge on any atom is 0.316 e. The van der Waals surface area contributed by atoms with Gasteiger partial charge in [0.1, 0.15) is 0 Å². The zero-order chi connectivity index (χ0) is 18.2. The summed E-state index contributed by atoms with van der Waals surface area (Å²) in [5.41, 5.74) is 3.23. The molecule has 0 aliphatic carbocycles. The number of nitrogens with one attached hydrogen (secondary N) is 1. The second kappa shape index (κ2) is 9.49. The number of benzene rings is 2. The molecule has 0 atom stereocenters. The summed E-state index contributed by atoms with van der Waals surface area (Å²) in [6.07, 6.45) is 0. The van der Waals surface area contributed by atoms with Crippen LogP contribution in [-0.2, 0) is 20.9 Å². The van der Waals surface area contributed by atoms with Gasteiger partial charge in [0.2, 0.25) is 0 Å². The largest absolute Gasteiger partial charge is 0.455 e. The van der Waals surface area contributed by atoms with E-state index >= 15 is 0 Å². The Labute approximate surface area is 156 Å². The Morgan fingerprint density at radius 2 is 1.84 bits per heavy atom. The molecule has 0 fully saturated rings. The molecule has 0 heterocycles. The lowest BCUT2D eigenvalue weighted by atomic mass is 10.2. The number of amides is 1. The van der Waals surface area contributed by atoms with Crippen LogP contribution in [0.1, 0.15) is 16.7 Å². The number of ether oxygens (including phenoxy) is 1. The van der Waals surface area contributed by atoms with Gasteiger partial charge in [0.15, 0.2) is 6.61 Å². The molecule has 1 N–H and O–H groups in total. The number of carbonyl (C=O) groups is 2. The minimum Gasteiger partial charge on any atom is -0.455 e. The molecule has 0 bridgehead atoms. The molecule has 4 nitrogen and oxygen atoms in total. The molecule has 2 aromatic carbocycles. The van der Waals surface area contributed by atoms with Gasteiger partial charge in [-0.05, 0) is 43.2 Å². The fourth-order valence-corrected chi connectivity index (χ4v) is 3.07. The topological polar surface area (TPSA) is 55.4 Å². The van der Waals surface area contributed by atoms with E-state index in [1.807, 2.05) is 38.1 Å². The van der Waals surface area contributed by atoms with Crippen molar-refractivity contribution in [1.82, 2.24) is 5.32 Å². The van der Waals surface area contributed by atoms with E-state index in [0.29, 0.717) is 11.6 Å². The molecule has 0 spiro atoms. The van der Waals surface area contributed by atoms with Gasteiger partial charge in [0, 0.05) is 16.5 Å². The lowest BCUT2D eigenvalue weighted by Crippen LogP contribution is -2.28. The predicted molar refractivity (Wildman–Crippen MR) is 101 cm³/mol. The lowest BCUT2D eigenvalue weighted by molar-refractivity contribution is -0.145. The Morgan fingerprint density at radius 1 is 1.12 bits per heavy atom. The van der Waals surface area contributed by atoms with Gasteiger partial charge >= 0.3 is 5.97 Å². The van der Waals surface area contributed by atoms with Crippen LogP contribution in [-0.4, -0.2) is 24.2 Å². The highest BCUT2D eigenvalue weighted by molar-refractivity contribution is 8.00. The SMILES string of the molecule is Cc1ccc(SCC(=O)OCC(=O)NCc2ccc(Cl)cc2)c(C)c1. The molecule has 0 aliphatic heterocycles. The minimum atomic E-state index is -0.411. The van der Waals surface area contributed by atoms with Crippen LogP contribution in [0.4, 0.5) is 0 Å². The van der Waals surface area contributed by atoms with Crippen LogP contribution in [0.15, 0.2) is 47.4 Å². The quantitative estimate of drug-likeness (QED) is 0.587. The molecular weight excluding hydrogens is 358 g/mol. The summed E-state index contributed by atoms with van der Waals surface area (Å²) in [4.78, 5) is 24.5. The summed E-state index contributed by atoms with van der Waals surface area (Å²) in [7, 11) is 0. The van der Waals surface area contributed by atoms with E-state index in [4.69, 9.17) is 16.3 Å². The summed E-state index contributed by atoms with van der Waals surface area (Å²) in [5, 5.41) is 3.34. The molecular formula is C19H20ClNO3S. The van der Waals surface area contributed by atoms with E-state index in [9.17, 15) is 9.59 Å². The van der Waals surface area contributed by atoms with Crippen molar-refractivity contribution in [3.8, 4) is 0 Å². The molecule has 6 heteroatoms. The van der Waals surface area contributed by atoms with Crippen LogP contribution in [0.2, 0.25) is 5.02 Å². The van der Waals surface area contributed by atoms with Crippen LogP contribution in [0.25, 0.3) is 0 Å². The van der Waals surface area contributed by atoms with Crippen molar-refractivity contribution in [1.29, 1.82) is 0 Å². The van der Waals surface area contributed by atoms with E-state index in [0.717, 1.165) is 16.0 Å². The number of thioether (sulfide) groups is 1. The first-order valence-electron chi connectivity index (χ1n) is 7.81. The first kappa shape index (κ1) is 19.3. The van der Waals surface area contributed by atoms with Gasteiger partial charge in [-0.3, -0.25) is 9.59 Å². The molecule has 1 amide bonds. The van der Waals surface area contributed by atoms with Crippen LogP contribution in [0.3, 0.4) is 0 Å². The molecule has 0 saturated heterocycles. The summed E-state index contributed by atoms with van der Waals surface area (Å²) in [6, 6.07) is 13.2. The van der Waals surface area contributed by atoms with Gasteiger partial charge < -0.3 is 10.1 Å². The van der Waals surface area contributed by atoms with Crippen LogP contribution in [0.5, 0.6) is 0 Å².